The van der Waals surface area contributed by atoms with Gasteiger partial charge in [-0.2, -0.15) is 0 Å². The number of carbonyl (C=O) groups is 1. The number of anilines is 2. The maximum absolute atomic E-state index is 14.6. The molecule has 0 saturated heterocycles. The van der Waals surface area contributed by atoms with Gasteiger partial charge in [0.15, 0.2) is 23.3 Å². The monoisotopic (exact) mass is 458 g/mol. The van der Waals surface area contributed by atoms with Crippen LogP contribution in [-0.2, 0) is 0 Å². The molecule has 0 saturated carbocycles. The van der Waals surface area contributed by atoms with Crippen molar-refractivity contribution in [3.05, 3.63) is 56.6 Å². The number of carboxylic acid groups (broad SMARTS) is 1. The molecule has 0 amide bonds. The molecule has 1 atom stereocenters. The van der Waals surface area contributed by atoms with Crippen molar-refractivity contribution in [2.24, 2.45) is 0 Å². The maximum atomic E-state index is 14.6. The zero-order chi connectivity index (χ0) is 23.0. The van der Waals surface area contributed by atoms with Crippen molar-refractivity contribution in [2.45, 2.75) is 6.10 Å². The van der Waals surface area contributed by atoms with E-state index in [1.54, 1.807) is 0 Å². The Balaban J connectivity index is 2.42. The molecular formula is C18H14ClF3N4O5. The summed E-state index contributed by atoms with van der Waals surface area (Å²) in [7, 11) is 0. The van der Waals surface area contributed by atoms with Crippen LogP contribution in [0.2, 0.25) is 5.02 Å². The Bertz CT molecular complexity index is 1270. The number of aliphatic hydroxyl groups is 2. The summed E-state index contributed by atoms with van der Waals surface area (Å²) in [6.07, 6.45) is -0.579. The van der Waals surface area contributed by atoms with E-state index in [9.17, 15) is 33.0 Å². The molecule has 0 aliphatic rings. The Morgan fingerprint density at radius 3 is 2.55 bits per heavy atom. The molecule has 1 aromatic carbocycles. The van der Waals surface area contributed by atoms with Gasteiger partial charge in [-0.25, -0.2) is 22.9 Å². The lowest BCUT2D eigenvalue weighted by atomic mass is 10.1. The van der Waals surface area contributed by atoms with Crippen molar-refractivity contribution in [1.29, 1.82) is 0 Å². The summed E-state index contributed by atoms with van der Waals surface area (Å²) in [5.41, 5.74) is 2.64. The van der Waals surface area contributed by atoms with Crippen LogP contribution < -0.4 is 16.5 Å². The Hall–Kier alpha value is -3.35. The smallest absolute Gasteiger partial charge is 0.341 e. The summed E-state index contributed by atoms with van der Waals surface area (Å²) in [5, 5.41) is 29.1. The average molecular weight is 459 g/mol. The zero-order valence-electron chi connectivity index (χ0n) is 15.4. The molecule has 0 spiro atoms. The number of nitrogen functional groups attached to an aromatic ring is 1. The number of pyridine rings is 2. The number of halogens is 4. The number of hydrogen-bond acceptors (Lipinski definition) is 7. The third kappa shape index (κ3) is 4.00. The lowest BCUT2D eigenvalue weighted by Crippen LogP contribution is -2.24. The van der Waals surface area contributed by atoms with Crippen LogP contribution in [0.25, 0.3) is 16.7 Å². The summed E-state index contributed by atoms with van der Waals surface area (Å²) in [5.74, 6) is -6.63. The lowest BCUT2D eigenvalue weighted by Gasteiger charge is -2.18. The van der Waals surface area contributed by atoms with Gasteiger partial charge in [0.05, 0.1) is 34.3 Å². The number of fused-ring (bicyclic) bond motifs is 1. The molecule has 0 radical (unpaired) electrons. The summed E-state index contributed by atoms with van der Waals surface area (Å²) < 4.78 is 43.4. The molecule has 164 valence electrons. The first-order valence-corrected chi connectivity index (χ1v) is 8.89. The highest BCUT2D eigenvalue weighted by molar-refractivity contribution is 6.38. The summed E-state index contributed by atoms with van der Waals surface area (Å²) in [6, 6.07) is 1.07. The molecule has 0 aliphatic heterocycles. The summed E-state index contributed by atoms with van der Waals surface area (Å²) in [4.78, 5) is 27.6. The Labute approximate surface area is 176 Å². The first kappa shape index (κ1) is 22.3. The molecule has 31 heavy (non-hydrogen) atoms. The van der Waals surface area contributed by atoms with E-state index in [0.29, 0.717) is 18.3 Å². The first-order valence-electron chi connectivity index (χ1n) is 8.52. The summed E-state index contributed by atoms with van der Waals surface area (Å²) >= 11 is 6.25. The quantitative estimate of drug-likeness (QED) is 0.373. The molecule has 9 nitrogen and oxygen atoms in total. The van der Waals surface area contributed by atoms with Gasteiger partial charge in [-0.3, -0.25) is 9.36 Å². The molecule has 0 bridgehead atoms. The SMILES string of the molecule is Nc1nc(-n2cc(C(=O)O)c(=O)c3cc(F)c(NCC(O)CO)c(Cl)c32)c(F)cc1F. The predicted molar refractivity (Wildman–Crippen MR) is 105 cm³/mol. The van der Waals surface area contributed by atoms with E-state index in [-0.39, 0.29) is 12.1 Å². The molecule has 3 aromatic rings. The minimum atomic E-state index is -1.69. The first-order chi connectivity index (χ1) is 14.6. The van der Waals surface area contributed by atoms with Crippen molar-refractivity contribution in [1.82, 2.24) is 9.55 Å². The topological polar surface area (TPSA) is 151 Å². The van der Waals surface area contributed by atoms with Gasteiger partial charge in [0, 0.05) is 18.8 Å². The average Bonchev–Trinajstić information content (AvgIpc) is 2.71. The normalized spacial score (nSPS) is 12.2. The van der Waals surface area contributed by atoms with Gasteiger partial charge >= 0.3 is 5.97 Å². The predicted octanol–water partition coefficient (Wildman–Crippen LogP) is 1.50. The molecule has 0 fully saturated rings. The van der Waals surface area contributed by atoms with E-state index in [1.807, 2.05) is 0 Å². The van der Waals surface area contributed by atoms with Crippen molar-refractivity contribution in [2.75, 3.05) is 24.2 Å². The minimum Gasteiger partial charge on any atom is -0.477 e. The van der Waals surface area contributed by atoms with Crippen molar-refractivity contribution in [3.63, 3.8) is 0 Å². The number of aromatic carboxylic acids is 1. The van der Waals surface area contributed by atoms with E-state index in [4.69, 9.17) is 22.4 Å². The van der Waals surface area contributed by atoms with Gasteiger partial charge < -0.3 is 26.4 Å². The fourth-order valence-electron chi connectivity index (χ4n) is 2.82. The second kappa shape index (κ2) is 8.41. The van der Waals surface area contributed by atoms with E-state index in [1.165, 1.54) is 0 Å². The number of nitrogens with two attached hydrogens (primary N) is 1. The summed E-state index contributed by atoms with van der Waals surface area (Å²) in [6.45, 7) is -0.983. The Kier molecular flexibility index (Phi) is 6.06. The van der Waals surface area contributed by atoms with Gasteiger partial charge in [0.2, 0.25) is 5.43 Å². The molecule has 0 aliphatic carbocycles. The number of rotatable bonds is 6. The molecular weight excluding hydrogens is 445 g/mol. The number of aliphatic hydroxyl groups excluding tert-OH is 2. The fourth-order valence-corrected chi connectivity index (χ4v) is 3.17. The number of aromatic nitrogens is 2. The Morgan fingerprint density at radius 1 is 1.26 bits per heavy atom. The minimum absolute atomic E-state index is 0.341. The van der Waals surface area contributed by atoms with Crippen LogP contribution in [0.4, 0.5) is 24.7 Å². The van der Waals surface area contributed by atoms with Crippen LogP contribution in [0.3, 0.4) is 0 Å². The van der Waals surface area contributed by atoms with Crippen molar-refractivity contribution >= 4 is 40.0 Å². The highest BCUT2D eigenvalue weighted by Crippen LogP contribution is 2.34. The van der Waals surface area contributed by atoms with Crippen LogP contribution in [0, 0.1) is 17.5 Å². The van der Waals surface area contributed by atoms with Crippen LogP contribution in [-0.4, -0.2) is 50.1 Å². The van der Waals surface area contributed by atoms with E-state index < -0.39 is 74.9 Å². The number of nitrogens with zero attached hydrogens (tertiary/aromatic N) is 2. The number of nitrogens with one attached hydrogen (secondary N) is 1. The highest BCUT2D eigenvalue weighted by Gasteiger charge is 2.24. The second-order valence-corrected chi connectivity index (χ2v) is 6.75. The van der Waals surface area contributed by atoms with Gasteiger partial charge in [0.1, 0.15) is 11.4 Å². The Morgan fingerprint density at radius 2 is 1.94 bits per heavy atom. The van der Waals surface area contributed by atoms with Gasteiger partial charge in [0.25, 0.3) is 0 Å². The molecule has 3 rings (SSSR count). The molecule has 2 heterocycles. The standard InChI is InChI=1S/C18H14ClF3N4O5/c19-12-13(24-3-6(28)5-27)9(20)1-7-14(12)26(4-8(15(7)29)18(30)31)17-11(22)2-10(21)16(23)25-17/h1-2,4,6,24,27-28H,3,5H2,(H2,23,25)(H,30,31). The number of benzene rings is 1. The maximum Gasteiger partial charge on any atom is 0.341 e. The van der Waals surface area contributed by atoms with Crippen LogP contribution in [0.15, 0.2) is 23.1 Å². The number of carboxylic acids is 1. The van der Waals surface area contributed by atoms with Crippen LogP contribution in [0.5, 0.6) is 0 Å². The zero-order valence-corrected chi connectivity index (χ0v) is 16.1. The largest absolute Gasteiger partial charge is 0.477 e. The molecule has 1 unspecified atom stereocenters. The van der Waals surface area contributed by atoms with Crippen LogP contribution in [0.1, 0.15) is 10.4 Å². The van der Waals surface area contributed by atoms with Crippen molar-refractivity contribution < 1.29 is 33.3 Å². The van der Waals surface area contributed by atoms with E-state index >= 15 is 0 Å². The van der Waals surface area contributed by atoms with Crippen LogP contribution >= 0.6 is 11.6 Å². The van der Waals surface area contributed by atoms with Gasteiger partial charge in [-0.15, -0.1) is 0 Å². The molecule has 6 N–H and O–H groups in total. The fraction of sp³-hybridized carbons (Fsp3) is 0.167. The third-order valence-corrected chi connectivity index (χ3v) is 4.67. The third-order valence-electron chi connectivity index (χ3n) is 4.30. The molecule has 2 aromatic heterocycles. The van der Waals surface area contributed by atoms with Gasteiger partial charge in [-0.1, -0.05) is 11.6 Å². The second-order valence-electron chi connectivity index (χ2n) is 6.37. The van der Waals surface area contributed by atoms with Gasteiger partial charge in [-0.05, 0) is 6.07 Å². The lowest BCUT2D eigenvalue weighted by molar-refractivity contribution is 0.0695. The van der Waals surface area contributed by atoms with E-state index in [0.717, 1.165) is 4.57 Å². The van der Waals surface area contributed by atoms with Crippen molar-refractivity contribution in [3.8, 4) is 5.82 Å². The highest BCUT2D eigenvalue weighted by atomic mass is 35.5. The van der Waals surface area contributed by atoms with E-state index in [2.05, 4.69) is 10.3 Å². The number of hydrogen-bond donors (Lipinski definition) is 5. The molecule has 13 heteroatoms.